The molecule has 25 heavy (non-hydrogen) atoms. The van der Waals surface area contributed by atoms with E-state index in [0.29, 0.717) is 48.4 Å². The molecule has 1 fully saturated rings. The predicted octanol–water partition coefficient (Wildman–Crippen LogP) is 0.523. The number of aryl methyl sites for hydroxylation is 2. The van der Waals surface area contributed by atoms with Gasteiger partial charge in [0.05, 0.1) is 6.42 Å². The average Bonchev–Trinajstić information content (AvgIpc) is 3.22. The molecule has 1 aliphatic heterocycles. The zero-order valence-electron chi connectivity index (χ0n) is 14.3. The largest absolute Gasteiger partial charge is 0.368 e. The maximum absolute atomic E-state index is 12.0. The van der Waals surface area contributed by atoms with Crippen molar-refractivity contribution in [3.8, 4) is 0 Å². The van der Waals surface area contributed by atoms with Gasteiger partial charge in [-0.3, -0.25) is 9.59 Å². The van der Waals surface area contributed by atoms with Crippen LogP contribution in [0.4, 0.5) is 0 Å². The highest BCUT2D eigenvalue weighted by molar-refractivity contribution is 5.78. The van der Waals surface area contributed by atoms with E-state index in [9.17, 15) is 9.59 Å². The number of carbonyl (C=O) groups excluding carboxylic acids is 1. The summed E-state index contributed by atoms with van der Waals surface area (Å²) in [4.78, 5) is 35.0. The smallest absolute Gasteiger partial charge is 0.255 e. The van der Waals surface area contributed by atoms with Crippen molar-refractivity contribution in [2.45, 2.75) is 45.6 Å². The van der Waals surface area contributed by atoms with Crippen LogP contribution in [0.1, 0.15) is 47.7 Å². The highest BCUT2D eigenvalue weighted by Crippen LogP contribution is 2.26. The quantitative estimate of drug-likeness (QED) is 0.781. The fraction of sp³-hybridized carbons (Fsp3) is 0.562. The van der Waals surface area contributed by atoms with Gasteiger partial charge in [0.25, 0.3) is 11.4 Å². The molecule has 3 heterocycles. The van der Waals surface area contributed by atoms with Gasteiger partial charge in [-0.2, -0.15) is 4.98 Å². The summed E-state index contributed by atoms with van der Waals surface area (Å²) in [7, 11) is 0. The van der Waals surface area contributed by atoms with Crippen molar-refractivity contribution in [2.75, 3.05) is 13.2 Å². The van der Waals surface area contributed by atoms with Crippen LogP contribution in [-0.2, 0) is 22.4 Å². The molecule has 0 aliphatic carbocycles. The van der Waals surface area contributed by atoms with Crippen molar-refractivity contribution in [1.29, 1.82) is 0 Å². The van der Waals surface area contributed by atoms with E-state index in [1.165, 1.54) is 0 Å². The van der Waals surface area contributed by atoms with Gasteiger partial charge in [0, 0.05) is 30.8 Å². The topological polar surface area (TPSA) is 123 Å². The fourth-order valence-corrected chi connectivity index (χ4v) is 2.77. The van der Waals surface area contributed by atoms with Gasteiger partial charge in [0.15, 0.2) is 5.82 Å². The molecule has 1 atom stereocenters. The summed E-state index contributed by atoms with van der Waals surface area (Å²) in [5.74, 6) is 1.30. The lowest BCUT2D eigenvalue weighted by Crippen LogP contribution is -2.30. The Kier molecular flexibility index (Phi) is 5.22. The minimum Gasteiger partial charge on any atom is -0.368 e. The summed E-state index contributed by atoms with van der Waals surface area (Å²) in [5.41, 5.74) is 0.665. The van der Waals surface area contributed by atoms with Crippen LogP contribution >= 0.6 is 0 Å². The molecule has 9 heteroatoms. The lowest BCUT2D eigenvalue weighted by atomic mass is 10.1. The number of ether oxygens (including phenoxy) is 1. The third-order valence-corrected chi connectivity index (χ3v) is 4.04. The van der Waals surface area contributed by atoms with Gasteiger partial charge in [-0.05, 0) is 26.7 Å². The first-order valence-corrected chi connectivity index (χ1v) is 8.30. The molecule has 0 spiro atoms. The summed E-state index contributed by atoms with van der Waals surface area (Å²) >= 11 is 0. The third kappa shape index (κ3) is 4.30. The Balaban J connectivity index is 1.49. The van der Waals surface area contributed by atoms with Crippen LogP contribution in [0, 0.1) is 13.8 Å². The number of nitrogens with one attached hydrogen (secondary N) is 2. The first kappa shape index (κ1) is 17.3. The predicted molar refractivity (Wildman–Crippen MR) is 87.0 cm³/mol. The Morgan fingerprint density at radius 2 is 2.20 bits per heavy atom. The van der Waals surface area contributed by atoms with Gasteiger partial charge < -0.3 is 19.6 Å². The van der Waals surface area contributed by atoms with Crippen molar-refractivity contribution < 1.29 is 14.1 Å². The lowest BCUT2D eigenvalue weighted by molar-refractivity contribution is -0.120. The normalized spacial score (nSPS) is 17.0. The van der Waals surface area contributed by atoms with Gasteiger partial charge in [-0.1, -0.05) is 5.16 Å². The number of carbonyl (C=O) groups is 1. The summed E-state index contributed by atoms with van der Waals surface area (Å²) in [6, 6.07) is 0. The number of hydrogen-bond donors (Lipinski definition) is 2. The second-order valence-corrected chi connectivity index (χ2v) is 6.04. The lowest BCUT2D eigenvalue weighted by Gasteiger charge is -2.06. The highest BCUT2D eigenvalue weighted by Gasteiger charge is 2.23. The second-order valence-electron chi connectivity index (χ2n) is 6.04. The van der Waals surface area contributed by atoms with Crippen molar-refractivity contribution in [3.05, 3.63) is 39.2 Å². The van der Waals surface area contributed by atoms with E-state index in [4.69, 9.17) is 9.26 Å². The Bertz CT molecular complexity index is 807. The zero-order valence-corrected chi connectivity index (χ0v) is 14.3. The molecule has 134 valence electrons. The monoisotopic (exact) mass is 347 g/mol. The van der Waals surface area contributed by atoms with Crippen molar-refractivity contribution in [3.63, 3.8) is 0 Å². The molecule has 3 rings (SSSR count). The van der Waals surface area contributed by atoms with E-state index >= 15 is 0 Å². The molecular formula is C16H21N5O4. The van der Waals surface area contributed by atoms with Crippen LogP contribution in [0.5, 0.6) is 0 Å². The molecule has 1 amide bonds. The van der Waals surface area contributed by atoms with E-state index in [1.54, 1.807) is 13.8 Å². The molecule has 0 radical (unpaired) electrons. The zero-order chi connectivity index (χ0) is 17.8. The van der Waals surface area contributed by atoms with Crippen LogP contribution in [-0.4, -0.2) is 39.2 Å². The number of H-pyrrole nitrogens is 1. The Morgan fingerprint density at radius 1 is 1.36 bits per heavy atom. The molecule has 1 aliphatic rings. The molecule has 1 saturated heterocycles. The van der Waals surface area contributed by atoms with Crippen LogP contribution in [0.3, 0.4) is 0 Å². The van der Waals surface area contributed by atoms with Crippen LogP contribution in [0.25, 0.3) is 0 Å². The number of nitrogens with zero attached hydrogens (tertiary/aromatic N) is 3. The summed E-state index contributed by atoms with van der Waals surface area (Å²) < 4.78 is 10.7. The van der Waals surface area contributed by atoms with E-state index in [0.717, 1.165) is 12.8 Å². The Hall–Kier alpha value is -2.55. The standard InChI is InChI=1S/C16H21N5O4/c1-9-11(15(23)19-10(2)18-9)8-14(22)17-6-5-13-20-16(25-21-13)12-4-3-7-24-12/h12H,3-8H2,1-2H3,(H,17,22)(H,18,19,23)/t12-/m1/s1. The number of rotatable bonds is 6. The van der Waals surface area contributed by atoms with Crippen LogP contribution in [0.2, 0.25) is 0 Å². The fourth-order valence-electron chi connectivity index (χ4n) is 2.77. The van der Waals surface area contributed by atoms with Gasteiger partial charge >= 0.3 is 0 Å². The van der Waals surface area contributed by atoms with Gasteiger partial charge in [-0.15, -0.1) is 0 Å². The first-order valence-electron chi connectivity index (χ1n) is 8.30. The molecule has 2 aromatic heterocycles. The molecule has 0 saturated carbocycles. The number of aromatic amines is 1. The SMILES string of the molecule is Cc1nc(C)c(CC(=O)NCCc2noc([C@H]3CCCO3)n2)c(=O)[nH]1. The highest BCUT2D eigenvalue weighted by atomic mass is 16.5. The summed E-state index contributed by atoms with van der Waals surface area (Å²) in [5, 5.41) is 6.65. The number of aromatic nitrogens is 4. The third-order valence-electron chi connectivity index (χ3n) is 4.04. The maximum atomic E-state index is 12.0. The summed E-state index contributed by atoms with van der Waals surface area (Å²) in [6.07, 6.45) is 2.20. The van der Waals surface area contributed by atoms with Gasteiger partial charge in [0.1, 0.15) is 11.9 Å². The minimum absolute atomic E-state index is 0.0120. The van der Waals surface area contributed by atoms with E-state index in [-0.39, 0.29) is 24.0 Å². The number of amides is 1. The minimum atomic E-state index is -0.278. The average molecular weight is 347 g/mol. The second kappa shape index (κ2) is 7.56. The van der Waals surface area contributed by atoms with E-state index in [1.807, 2.05) is 0 Å². The molecule has 9 nitrogen and oxygen atoms in total. The number of hydrogen-bond acceptors (Lipinski definition) is 7. The molecule has 2 aromatic rings. The van der Waals surface area contributed by atoms with Crippen molar-refractivity contribution in [2.24, 2.45) is 0 Å². The Morgan fingerprint density at radius 3 is 2.92 bits per heavy atom. The van der Waals surface area contributed by atoms with Crippen molar-refractivity contribution in [1.82, 2.24) is 25.4 Å². The molecule has 0 bridgehead atoms. The van der Waals surface area contributed by atoms with E-state index < -0.39 is 0 Å². The van der Waals surface area contributed by atoms with Gasteiger partial charge in [-0.25, -0.2) is 4.98 Å². The molecular weight excluding hydrogens is 326 g/mol. The van der Waals surface area contributed by atoms with Crippen molar-refractivity contribution >= 4 is 5.91 Å². The maximum Gasteiger partial charge on any atom is 0.255 e. The molecule has 2 N–H and O–H groups in total. The Labute approximate surface area is 144 Å². The van der Waals surface area contributed by atoms with Gasteiger partial charge in [0.2, 0.25) is 5.91 Å². The first-order chi connectivity index (χ1) is 12.0. The van der Waals surface area contributed by atoms with Crippen LogP contribution < -0.4 is 10.9 Å². The molecule has 0 aromatic carbocycles. The van der Waals surface area contributed by atoms with Crippen LogP contribution in [0.15, 0.2) is 9.32 Å². The molecule has 0 unspecified atom stereocenters. The summed E-state index contributed by atoms with van der Waals surface area (Å²) in [6.45, 7) is 4.50. The van der Waals surface area contributed by atoms with E-state index in [2.05, 4.69) is 25.4 Å².